The van der Waals surface area contributed by atoms with Crippen molar-refractivity contribution in [3.63, 3.8) is 0 Å². The number of benzene rings is 2. The number of hydrogen-bond acceptors (Lipinski definition) is 0. The largest absolute Gasteiger partial charge is 0.0613 e. The molecule has 2 aliphatic carbocycles. The van der Waals surface area contributed by atoms with Gasteiger partial charge in [-0.05, 0) is 94.2 Å². The summed E-state index contributed by atoms with van der Waals surface area (Å²) in [7, 11) is 0. The Morgan fingerprint density at radius 1 is 0.606 bits per heavy atom. The molecule has 0 aromatic heterocycles. The fourth-order valence-electron chi connectivity index (χ4n) is 6.68. The number of rotatable bonds is 6. The van der Waals surface area contributed by atoms with Crippen LogP contribution < -0.4 is 0 Å². The zero-order chi connectivity index (χ0) is 23.5. The van der Waals surface area contributed by atoms with Gasteiger partial charge in [-0.1, -0.05) is 110 Å². The van der Waals surface area contributed by atoms with Gasteiger partial charge >= 0.3 is 0 Å². The van der Waals surface area contributed by atoms with Crippen molar-refractivity contribution in [3.05, 3.63) is 58.1 Å². The van der Waals surface area contributed by atoms with Gasteiger partial charge in [0.1, 0.15) is 0 Å². The van der Waals surface area contributed by atoms with E-state index in [4.69, 9.17) is 0 Å². The molecule has 2 aromatic rings. The molecule has 2 aliphatic rings. The molecule has 0 aliphatic heterocycles. The van der Waals surface area contributed by atoms with Crippen LogP contribution in [0.5, 0.6) is 0 Å². The van der Waals surface area contributed by atoms with Crippen LogP contribution in [0.15, 0.2) is 30.3 Å². The van der Waals surface area contributed by atoms with E-state index in [1.807, 2.05) is 0 Å². The zero-order valence-corrected chi connectivity index (χ0v) is 22.3. The fraction of sp³-hybridized carbons (Fsp3) is 0.636. The van der Waals surface area contributed by atoms with Crippen molar-refractivity contribution in [1.82, 2.24) is 0 Å². The monoisotopic (exact) mass is 444 g/mol. The minimum absolute atomic E-state index is 0.536. The smallest absolute Gasteiger partial charge is 0.0111 e. The normalized spacial score (nSPS) is 18.6. The summed E-state index contributed by atoms with van der Waals surface area (Å²) in [5.41, 5.74) is 11.3. The molecular formula is C33H48. The van der Waals surface area contributed by atoms with Crippen molar-refractivity contribution in [1.29, 1.82) is 0 Å². The van der Waals surface area contributed by atoms with Crippen molar-refractivity contribution >= 4 is 0 Å². The average Bonchev–Trinajstić information content (AvgIpc) is 2.83. The molecule has 0 amide bonds. The standard InChI is InChI=1S/C33H48/c1-22(2)27-20-30(23(3)4)33(31(21-27)24(5)6)29-19-13-18-28(25-14-9-7-10-15-25)32(29)26-16-11-8-12-17-26/h13,18-26H,7-12,14-17H2,1-6H3. The summed E-state index contributed by atoms with van der Waals surface area (Å²) in [5.74, 6) is 3.16. The van der Waals surface area contributed by atoms with Gasteiger partial charge in [0.2, 0.25) is 0 Å². The molecule has 2 fully saturated rings. The zero-order valence-electron chi connectivity index (χ0n) is 22.3. The van der Waals surface area contributed by atoms with E-state index in [0.29, 0.717) is 17.8 Å². The van der Waals surface area contributed by atoms with Gasteiger partial charge in [-0.3, -0.25) is 0 Å². The minimum Gasteiger partial charge on any atom is -0.0613 e. The van der Waals surface area contributed by atoms with Crippen LogP contribution >= 0.6 is 0 Å². The third-order valence-electron chi connectivity index (χ3n) is 8.60. The first-order valence-corrected chi connectivity index (χ1v) is 14.2. The highest BCUT2D eigenvalue weighted by atomic mass is 14.3. The second-order valence-electron chi connectivity index (χ2n) is 12.0. The van der Waals surface area contributed by atoms with Gasteiger partial charge in [-0.2, -0.15) is 0 Å². The highest BCUT2D eigenvalue weighted by Gasteiger charge is 2.29. The van der Waals surface area contributed by atoms with Crippen LogP contribution in [0.4, 0.5) is 0 Å². The third-order valence-corrected chi connectivity index (χ3v) is 8.60. The molecule has 0 bridgehead atoms. The molecule has 0 spiro atoms. The van der Waals surface area contributed by atoms with Gasteiger partial charge in [-0.15, -0.1) is 0 Å². The Morgan fingerprint density at radius 2 is 1.12 bits per heavy atom. The van der Waals surface area contributed by atoms with Gasteiger partial charge < -0.3 is 0 Å². The molecular weight excluding hydrogens is 396 g/mol. The maximum absolute atomic E-state index is 2.55. The molecule has 180 valence electrons. The molecule has 0 nitrogen and oxygen atoms in total. The third kappa shape index (κ3) is 5.26. The quantitative estimate of drug-likeness (QED) is 0.415. The minimum atomic E-state index is 0.536. The summed E-state index contributed by atoms with van der Waals surface area (Å²) in [6, 6.07) is 12.5. The van der Waals surface area contributed by atoms with Gasteiger partial charge in [0.15, 0.2) is 0 Å². The second kappa shape index (κ2) is 10.8. The van der Waals surface area contributed by atoms with Gasteiger partial charge in [0, 0.05) is 0 Å². The van der Waals surface area contributed by atoms with E-state index in [1.54, 1.807) is 33.4 Å². The Balaban J connectivity index is 1.98. The van der Waals surface area contributed by atoms with Crippen molar-refractivity contribution in [2.75, 3.05) is 0 Å². The Morgan fingerprint density at radius 3 is 1.61 bits per heavy atom. The van der Waals surface area contributed by atoms with E-state index in [9.17, 15) is 0 Å². The van der Waals surface area contributed by atoms with Crippen LogP contribution in [-0.2, 0) is 0 Å². The molecule has 0 N–H and O–H groups in total. The van der Waals surface area contributed by atoms with Crippen LogP contribution in [-0.4, -0.2) is 0 Å². The van der Waals surface area contributed by atoms with E-state index in [2.05, 4.69) is 71.9 Å². The summed E-state index contributed by atoms with van der Waals surface area (Å²) in [6.07, 6.45) is 14.0. The maximum atomic E-state index is 2.55. The average molecular weight is 445 g/mol. The lowest BCUT2D eigenvalue weighted by molar-refractivity contribution is 0.419. The molecule has 2 aromatic carbocycles. The lowest BCUT2D eigenvalue weighted by atomic mass is 9.71. The summed E-state index contributed by atoms with van der Waals surface area (Å²) < 4.78 is 0. The van der Waals surface area contributed by atoms with Gasteiger partial charge in [0.05, 0.1) is 0 Å². The first kappa shape index (κ1) is 24.6. The summed E-state index contributed by atoms with van der Waals surface area (Å²) in [5, 5.41) is 0. The van der Waals surface area contributed by atoms with Crippen LogP contribution in [0, 0.1) is 0 Å². The SMILES string of the molecule is CC(C)c1cc(C(C)C)c(-c2cccc(C3CCCCC3)c2C2CCCCC2)c(C(C)C)c1. The summed E-state index contributed by atoms with van der Waals surface area (Å²) in [4.78, 5) is 0. The summed E-state index contributed by atoms with van der Waals surface area (Å²) in [6.45, 7) is 14.3. The second-order valence-corrected chi connectivity index (χ2v) is 12.0. The topological polar surface area (TPSA) is 0 Å². The first-order valence-electron chi connectivity index (χ1n) is 14.2. The Bertz CT molecular complexity index is 888. The molecule has 0 saturated heterocycles. The lowest BCUT2D eigenvalue weighted by Gasteiger charge is -2.33. The predicted octanol–water partition coefficient (Wildman–Crippen LogP) is 10.8. The van der Waals surface area contributed by atoms with Crippen molar-refractivity contribution < 1.29 is 0 Å². The Hall–Kier alpha value is -1.56. The van der Waals surface area contributed by atoms with Gasteiger partial charge in [-0.25, -0.2) is 0 Å². The molecule has 33 heavy (non-hydrogen) atoms. The van der Waals surface area contributed by atoms with Crippen LogP contribution in [0.1, 0.15) is 163 Å². The summed E-state index contributed by atoms with van der Waals surface area (Å²) >= 11 is 0. The van der Waals surface area contributed by atoms with Crippen molar-refractivity contribution in [3.8, 4) is 11.1 Å². The molecule has 0 heterocycles. The highest BCUT2D eigenvalue weighted by Crippen LogP contribution is 2.48. The fourth-order valence-corrected chi connectivity index (χ4v) is 6.68. The van der Waals surface area contributed by atoms with E-state index >= 15 is 0 Å². The van der Waals surface area contributed by atoms with Crippen LogP contribution in [0.25, 0.3) is 11.1 Å². The molecule has 0 heteroatoms. The molecule has 2 saturated carbocycles. The Labute approximate surface area is 204 Å². The molecule has 4 rings (SSSR count). The maximum Gasteiger partial charge on any atom is -0.0111 e. The van der Waals surface area contributed by atoms with E-state index < -0.39 is 0 Å². The van der Waals surface area contributed by atoms with Crippen LogP contribution in [0.3, 0.4) is 0 Å². The first-order chi connectivity index (χ1) is 15.9. The van der Waals surface area contributed by atoms with E-state index in [1.165, 1.54) is 69.8 Å². The lowest BCUT2D eigenvalue weighted by Crippen LogP contribution is -2.15. The molecule has 0 unspecified atom stereocenters. The van der Waals surface area contributed by atoms with E-state index in [-0.39, 0.29) is 0 Å². The highest BCUT2D eigenvalue weighted by molar-refractivity contribution is 5.77. The van der Waals surface area contributed by atoms with E-state index in [0.717, 1.165) is 11.8 Å². The van der Waals surface area contributed by atoms with Crippen molar-refractivity contribution in [2.24, 2.45) is 0 Å². The van der Waals surface area contributed by atoms with Crippen LogP contribution in [0.2, 0.25) is 0 Å². The van der Waals surface area contributed by atoms with Crippen molar-refractivity contribution in [2.45, 2.75) is 135 Å². The van der Waals surface area contributed by atoms with Gasteiger partial charge in [0.25, 0.3) is 0 Å². The predicted molar refractivity (Wildman–Crippen MR) is 146 cm³/mol. The molecule has 0 radical (unpaired) electrons. The number of hydrogen-bond donors (Lipinski definition) is 0. The molecule has 0 atom stereocenters. The Kier molecular flexibility index (Phi) is 8.03.